The molecule has 1 fully saturated rings. The van der Waals surface area contributed by atoms with Crippen LogP contribution < -0.4 is 5.32 Å². The Morgan fingerprint density at radius 3 is 2.65 bits per heavy atom. The summed E-state index contributed by atoms with van der Waals surface area (Å²) in [7, 11) is 0. The van der Waals surface area contributed by atoms with Gasteiger partial charge in [0.05, 0.1) is 5.69 Å². The zero-order valence-electron chi connectivity index (χ0n) is 14.7. The summed E-state index contributed by atoms with van der Waals surface area (Å²) in [6.07, 6.45) is 3.71. The number of carbonyl (C=O) groups is 1. The lowest BCUT2D eigenvalue weighted by Gasteiger charge is -2.35. The van der Waals surface area contributed by atoms with Gasteiger partial charge in [-0.05, 0) is 71.7 Å². The van der Waals surface area contributed by atoms with E-state index in [4.69, 9.17) is 4.74 Å². The average molecular weight is 319 g/mol. The van der Waals surface area contributed by atoms with Gasteiger partial charge in [0.2, 0.25) is 0 Å². The number of ether oxygens (including phenoxy) is 1. The van der Waals surface area contributed by atoms with E-state index in [0.29, 0.717) is 18.5 Å². The SMILES string of the molecule is CC(c1ccccn1)N1CCC(CNC(=O)OC(C)(C)C)CC1. The van der Waals surface area contributed by atoms with Crippen LogP contribution in [0.25, 0.3) is 0 Å². The third-order valence-corrected chi connectivity index (χ3v) is 4.25. The first-order valence-electron chi connectivity index (χ1n) is 8.47. The summed E-state index contributed by atoms with van der Waals surface area (Å²) in [4.78, 5) is 18.6. The van der Waals surface area contributed by atoms with Gasteiger partial charge in [0, 0.05) is 18.8 Å². The van der Waals surface area contributed by atoms with Crippen LogP contribution in [-0.4, -0.2) is 41.2 Å². The Morgan fingerprint density at radius 2 is 2.09 bits per heavy atom. The molecule has 1 aliphatic heterocycles. The highest BCUT2D eigenvalue weighted by molar-refractivity contribution is 5.67. The van der Waals surface area contributed by atoms with E-state index in [0.717, 1.165) is 31.6 Å². The number of hydrogen-bond acceptors (Lipinski definition) is 4. The largest absolute Gasteiger partial charge is 0.444 e. The number of hydrogen-bond donors (Lipinski definition) is 1. The van der Waals surface area contributed by atoms with Gasteiger partial charge in [-0.1, -0.05) is 6.07 Å². The second-order valence-corrected chi connectivity index (χ2v) is 7.29. The van der Waals surface area contributed by atoms with E-state index >= 15 is 0 Å². The maximum Gasteiger partial charge on any atom is 0.407 e. The zero-order chi connectivity index (χ0) is 16.9. The number of likely N-dealkylation sites (tertiary alicyclic amines) is 1. The molecule has 1 unspecified atom stereocenters. The second-order valence-electron chi connectivity index (χ2n) is 7.29. The number of pyridine rings is 1. The first-order chi connectivity index (χ1) is 10.8. The van der Waals surface area contributed by atoms with Crippen molar-refractivity contribution < 1.29 is 9.53 Å². The highest BCUT2D eigenvalue weighted by Gasteiger charge is 2.25. The van der Waals surface area contributed by atoms with Gasteiger partial charge in [0.1, 0.15) is 5.60 Å². The first kappa shape index (κ1) is 17.7. The number of carbonyl (C=O) groups excluding carboxylic acids is 1. The van der Waals surface area contributed by atoms with Gasteiger partial charge in [-0.3, -0.25) is 9.88 Å². The molecule has 1 atom stereocenters. The lowest BCUT2D eigenvalue weighted by Crippen LogP contribution is -2.41. The molecule has 23 heavy (non-hydrogen) atoms. The van der Waals surface area contributed by atoms with Gasteiger partial charge in [0.15, 0.2) is 0 Å². The van der Waals surface area contributed by atoms with E-state index < -0.39 is 5.60 Å². The smallest absolute Gasteiger partial charge is 0.407 e. The molecular formula is C18H29N3O2. The van der Waals surface area contributed by atoms with Crippen molar-refractivity contribution in [3.63, 3.8) is 0 Å². The highest BCUT2D eigenvalue weighted by Crippen LogP contribution is 2.25. The second kappa shape index (κ2) is 7.77. The van der Waals surface area contributed by atoms with Gasteiger partial charge in [-0.2, -0.15) is 0 Å². The number of alkyl carbamates (subject to hydrolysis) is 1. The van der Waals surface area contributed by atoms with Crippen LogP contribution in [0.1, 0.15) is 52.3 Å². The monoisotopic (exact) mass is 319 g/mol. The number of nitrogens with zero attached hydrogens (tertiary/aromatic N) is 2. The van der Waals surface area contributed by atoms with Crippen LogP contribution in [0.4, 0.5) is 4.79 Å². The minimum Gasteiger partial charge on any atom is -0.444 e. The van der Waals surface area contributed by atoms with Crippen molar-refractivity contribution >= 4 is 6.09 Å². The minimum atomic E-state index is -0.439. The molecule has 1 aliphatic rings. The van der Waals surface area contributed by atoms with Crippen molar-refractivity contribution in [1.82, 2.24) is 15.2 Å². The summed E-state index contributed by atoms with van der Waals surface area (Å²) in [5, 5.41) is 2.89. The van der Waals surface area contributed by atoms with Gasteiger partial charge >= 0.3 is 6.09 Å². The van der Waals surface area contributed by atoms with Crippen molar-refractivity contribution in [2.24, 2.45) is 5.92 Å². The van der Waals surface area contributed by atoms with Crippen LogP contribution in [-0.2, 0) is 4.74 Å². The van der Waals surface area contributed by atoms with Crippen LogP contribution >= 0.6 is 0 Å². The molecule has 1 N–H and O–H groups in total. The molecule has 0 aliphatic carbocycles. The minimum absolute atomic E-state index is 0.318. The van der Waals surface area contributed by atoms with E-state index in [1.165, 1.54) is 0 Å². The number of rotatable bonds is 4. The summed E-state index contributed by atoms with van der Waals surface area (Å²) >= 11 is 0. The Balaban J connectivity index is 1.73. The van der Waals surface area contributed by atoms with Gasteiger partial charge < -0.3 is 10.1 Å². The summed E-state index contributed by atoms with van der Waals surface area (Å²) in [6.45, 7) is 10.6. The lowest BCUT2D eigenvalue weighted by molar-refractivity contribution is 0.0505. The molecule has 0 spiro atoms. The molecule has 0 aromatic carbocycles. The Bertz CT molecular complexity index is 491. The van der Waals surface area contributed by atoms with Crippen molar-refractivity contribution in [2.45, 2.75) is 52.2 Å². The molecule has 1 saturated heterocycles. The molecule has 2 rings (SSSR count). The van der Waals surface area contributed by atoms with Crippen LogP contribution in [0.5, 0.6) is 0 Å². The summed E-state index contributed by atoms with van der Waals surface area (Å²) in [6, 6.07) is 6.41. The third-order valence-electron chi connectivity index (χ3n) is 4.25. The van der Waals surface area contributed by atoms with Gasteiger partial charge in [0.25, 0.3) is 0 Å². The topological polar surface area (TPSA) is 54.5 Å². The van der Waals surface area contributed by atoms with Crippen molar-refractivity contribution in [3.05, 3.63) is 30.1 Å². The lowest BCUT2D eigenvalue weighted by atomic mass is 9.95. The molecule has 1 aromatic heterocycles. The molecule has 1 aromatic rings. The van der Waals surface area contributed by atoms with Gasteiger partial charge in [-0.25, -0.2) is 4.79 Å². The van der Waals surface area contributed by atoms with Crippen LogP contribution in [0.15, 0.2) is 24.4 Å². The Labute approximate surface area is 139 Å². The molecule has 1 amide bonds. The maximum atomic E-state index is 11.7. The third kappa shape index (κ3) is 5.82. The van der Waals surface area contributed by atoms with E-state index in [2.05, 4.69) is 28.2 Å². The van der Waals surface area contributed by atoms with Gasteiger partial charge in [-0.15, -0.1) is 0 Å². The predicted octanol–water partition coefficient (Wildman–Crippen LogP) is 3.38. The van der Waals surface area contributed by atoms with Crippen molar-refractivity contribution in [1.29, 1.82) is 0 Å². The molecule has 5 nitrogen and oxygen atoms in total. The number of piperidine rings is 1. The highest BCUT2D eigenvalue weighted by atomic mass is 16.6. The quantitative estimate of drug-likeness (QED) is 0.924. The number of aromatic nitrogens is 1. The molecule has 2 heterocycles. The van der Waals surface area contributed by atoms with Crippen LogP contribution in [0, 0.1) is 5.92 Å². The standard InChI is InChI=1S/C18H29N3O2/c1-14(16-7-5-6-10-19-16)21-11-8-15(9-12-21)13-20-17(22)23-18(2,3)4/h5-7,10,14-15H,8-9,11-13H2,1-4H3,(H,20,22). The van der Waals surface area contributed by atoms with Crippen molar-refractivity contribution in [2.75, 3.05) is 19.6 Å². The van der Waals surface area contributed by atoms with Crippen LogP contribution in [0.3, 0.4) is 0 Å². The van der Waals surface area contributed by atoms with E-state index in [9.17, 15) is 4.79 Å². The summed E-state index contributed by atoms with van der Waals surface area (Å²) in [5.41, 5.74) is 0.684. The number of amides is 1. The van der Waals surface area contributed by atoms with E-state index in [1.807, 2.05) is 39.1 Å². The fourth-order valence-corrected chi connectivity index (χ4v) is 2.90. The molecule has 0 bridgehead atoms. The average Bonchev–Trinajstić information content (AvgIpc) is 2.52. The summed E-state index contributed by atoms with van der Waals surface area (Å²) in [5.74, 6) is 0.523. The maximum absolute atomic E-state index is 11.7. The molecule has 5 heteroatoms. The predicted molar refractivity (Wildman–Crippen MR) is 91.2 cm³/mol. The fraction of sp³-hybridized carbons (Fsp3) is 0.667. The fourth-order valence-electron chi connectivity index (χ4n) is 2.90. The summed E-state index contributed by atoms with van der Waals surface area (Å²) < 4.78 is 5.28. The normalized spacial score (nSPS) is 18.4. The molecule has 0 saturated carbocycles. The van der Waals surface area contributed by atoms with Crippen LogP contribution in [0.2, 0.25) is 0 Å². The van der Waals surface area contributed by atoms with Crippen molar-refractivity contribution in [3.8, 4) is 0 Å². The molecule has 0 radical (unpaired) electrons. The van der Waals surface area contributed by atoms with E-state index in [-0.39, 0.29) is 6.09 Å². The Kier molecular flexibility index (Phi) is 5.99. The Hall–Kier alpha value is -1.62. The number of nitrogens with one attached hydrogen (secondary N) is 1. The first-order valence-corrected chi connectivity index (χ1v) is 8.47. The van der Waals surface area contributed by atoms with E-state index in [1.54, 1.807) is 0 Å². The Morgan fingerprint density at radius 1 is 1.39 bits per heavy atom. The molecule has 128 valence electrons. The zero-order valence-corrected chi connectivity index (χ0v) is 14.7. The molecular weight excluding hydrogens is 290 g/mol.